The maximum absolute atomic E-state index is 9.66. The third-order valence-electron chi connectivity index (χ3n) is 4.17. The van der Waals surface area contributed by atoms with Crippen molar-refractivity contribution in [2.45, 2.75) is 5.60 Å². The van der Waals surface area contributed by atoms with E-state index < -0.39 is 5.60 Å². The molecule has 3 aromatic rings. The average molecular weight is 300 g/mol. The number of phenols is 1. The minimum absolute atomic E-state index is 0.240. The number of ether oxygens (including phenoxy) is 1. The van der Waals surface area contributed by atoms with Crippen LogP contribution in [0.15, 0.2) is 84.9 Å². The second-order valence-corrected chi connectivity index (χ2v) is 5.63. The van der Waals surface area contributed by atoms with Crippen LogP contribution in [0.4, 0.5) is 0 Å². The van der Waals surface area contributed by atoms with Gasteiger partial charge in [0.15, 0.2) is 5.60 Å². The number of aromatic hydroxyl groups is 1. The van der Waals surface area contributed by atoms with Crippen molar-refractivity contribution in [3.8, 4) is 11.5 Å². The van der Waals surface area contributed by atoms with Crippen molar-refractivity contribution in [2.75, 3.05) is 0 Å². The van der Waals surface area contributed by atoms with E-state index in [1.54, 1.807) is 12.1 Å². The van der Waals surface area contributed by atoms with Crippen LogP contribution in [0.1, 0.15) is 16.7 Å². The van der Waals surface area contributed by atoms with Crippen LogP contribution in [0.25, 0.3) is 6.08 Å². The molecule has 0 amide bonds. The molecule has 1 N–H and O–H groups in total. The van der Waals surface area contributed by atoms with Gasteiger partial charge in [-0.1, -0.05) is 66.7 Å². The first-order valence-electron chi connectivity index (χ1n) is 7.60. The largest absolute Gasteiger partial charge is 0.508 e. The Kier molecular flexibility index (Phi) is 3.16. The molecular weight excluding hydrogens is 284 g/mol. The maximum Gasteiger partial charge on any atom is 0.178 e. The van der Waals surface area contributed by atoms with E-state index in [0.717, 1.165) is 22.4 Å². The fraction of sp³-hybridized carbons (Fsp3) is 0.0476. The summed E-state index contributed by atoms with van der Waals surface area (Å²) in [5, 5.41) is 9.66. The zero-order chi connectivity index (χ0) is 15.7. The van der Waals surface area contributed by atoms with Crippen LogP contribution in [0.3, 0.4) is 0 Å². The Morgan fingerprint density at radius 3 is 1.96 bits per heavy atom. The summed E-state index contributed by atoms with van der Waals surface area (Å²) in [5.41, 5.74) is 2.36. The quantitative estimate of drug-likeness (QED) is 0.740. The van der Waals surface area contributed by atoms with Crippen molar-refractivity contribution in [2.24, 2.45) is 0 Å². The Bertz CT molecular complexity index is 812. The minimum atomic E-state index is -0.660. The first kappa shape index (κ1) is 13.6. The lowest BCUT2D eigenvalue weighted by Crippen LogP contribution is -2.34. The van der Waals surface area contributed by atoms with E-state index in [2.05, 4.69) is 30.3 Å². The van der Waals surface area contributed by atoms with E-state index in [-0.39, 0.29) is 5.75 Å². The summed E-state index contributed by atoms with van der Waals surface area (Å²) < 4.78 is 6.45. The summed E-state index contributed by atoms with van der Waals surface area (Å²) in [6.07, 6.45) is 4.07. The monoisotopic (exact) mass is 300 g/mol. The fourth-order valence-electron chi connectivity index (χ4n) is 3.02. The summed E-state index contributed by atoms with van der Waals surface area (Å²) in [7, 11) is 0. The van der Waals surface area contributed by atoms with Gasteiger partial charge < -0.3 is 9.84 Å². The predicted molar refractivity (Wildman–Crippen MR) is 91.4 cm³/mol. The Morgan fingerprint density at radius 2 is 1.35 bits per heavy atom. The van der Waals surface area contributed by atoms with Gasteiger partial charge in [0.1, 0.15) is 11.5 Å². The highest BCUT2D eigenvalue weighted by Gasteiger charge is 2.36. The highest BCUT2D eigenvalue weighted by atomic mass is 16.5. The van der Waals surface area contributed by atoms with Crippen molar-refractivity contribution in [1.82, 2.24) is 0 Å². The SMILES string of the molecule is Oc1ccc2c(c1)C=CC(c1ccccc1)(c1ccccc1)O2. The van der Waals surface area contributed by atoms with E-state index in [9.17, 15) is 5.11 Å². The maximum atomic E-state index is 9.66. The zero-order valence-corrected chi connectivity index (χ0v) is 12.5. The molecule has 1 aliphatic rings. The number of fused-ring (bicyclic) bond motifs is 1. The number of hydrogen-bond acceptors (Lipinski definition) is 2. The smallest absolute Gasteiger partial charge is 0.178 e. The molecule has 0 atom stereocenters. The molecule has 23 heavy (non-hydrogen) atoms. The van der Waals surface area contributed by atoms with Gasteiger partial charge in [0.05, 0.1) is 0 Å². The topological polar surface area (TPSA) is 29.5 Å². The lowest BCUT2D eigenvalue weighted by molar-refractivity contribution is 0.161. The molecule has 1 aliphatic heterocycles. The summed E-state index contributed by atoms with van der Waals surface area (Å²) >= 11 is 0. The molecular formula is C21H16O2. The van der Waals surface area contributed by atoms with Crippen LogP contribution in [0.5, 0.6) is 11.5 Å². The molecule has 0 aromatic heterocycles. The number of phenolic OH excluding ortho intramolecular Hbond substituents is 1. The molecule has 2 heteroatoms. The number of hydrogen-bond donors (Lipinski definition) is 1. The molecule has 0 aliphatic carbocycles. The molecule has 112 valence electrons. The summed E-state index contributed by atoms with van der Waals surface area (Å²) in [6.45, 7) is 0. The fourth-order valence-corrected chi connectivity index (χ4v) is 3.02. The van der Waals surface area contributed by atoms with Gasteiger partial charge in [0.2, 0.25) is 0 Å². The van der Waals surface area contributed by atoms with Gasteiger partial charge in [-0.2, -0.15) is 0 Å². The van der Waals surface area contributed by atoms with Crippen LogP contribution in [0, 0.1) is 0 Å². The molecule has 0 saturated heterocycles. The Morgan fingerprint density at radius 1 is 0.739 bits per heavy atom. The highest BCUT2D eigenvalue weighted by molar-refractivity contribution is 5.65. The van der Waals surface area contributed by atoms with Gasteiger partial charge >= 0.3 is 0 Å². The lowest BCUT2D eigenvalue weighted by Gasteiger charge is -2.36. The van der Waals surface area contributed by atoms with E-state index in [1.807, 2.05) is 48.5 Å². The number of rotatable bonds is 2. The molecule has 0 unspecified atom stereocenters. The molecule has 0 saturated carbocycles. The molecule has 0 fully saturated rings. The molecule has 3 aromatic carbocycles. The summed E-state index contributed by atoms with van der Waals surface area (Å²) in [4.78, 5) is 0. The van der Waals surface area contributed by atoms with Crippen LogP contribution in [-0.2, 0) is 5.60 Å². The first-order valence-corrected chi connectivity index (χ1v) is 7.60. The van der Waals surface area contributed by atoms with E-state index in [4.69, 9.17) is 4.74 Å². The minimum Gasteiger partial charge on any atom is -0.508 e. The van der Waals surface area contributed by atoms with Crippen molar-refractivity contribution >= 4 is 6.08 Å². The van der Waals surface area contributed by atoms with Crippen LogP contribution < -0.4 is 4.74 Å². The standard InChI is InChI=1S/C21H16O2/c22-19-11-12-20-16(15-19)13-14-21(23-20,17-7-3-1-4-8-17)18-9-5-2-6-10-18/h1-15,22H. The predicted octanol–water partition coefficient (Wildman–Crippen LogP) is 4.74. The second kappa shape index (κ2) is 5.33. The zero-order valence-electron chi connectivity index (χ0n) is 12.5. The molecule has 2 nitrogen and oxygen atoms in total. The lowest BCUT2D eigenvalue weighted by atomic mass is 9.84. The summed E-state index contributed by atoms with van der Waals surface area (Å²) in [5.74, 6) is 1.00. The van der Waals surface area contributed by atoms with Gasteiger partial charge in [-0.3, -0.25) is 0 Å². The van der Waals surface area contributed by atoms with Crippen LogP contribution in [0.2, 0.25) is 0 Å². The van der Waals surface area contributed by atoms with Gasteiger partial charge in [0, 0.05) is 16.7 Å². The summed E-state index contributed by atoms with van der Waals surface area (Å²) in [6, 6.07) is 25.5. The molecule has 0 spiro atoms. The third kappa shape index (κ3) is 2.29. The normalized spacial score (nSPS) is 14.8. The van der Waals surface area contributed by atoms with Gasteiger partial charge in [-0.25, -0.2) is 0 Å². The van der Waals surface area contributed by atoms with Crippen LogP contribution in [-0.4, -0.2) is 5.11 Å². The Balaban J connectivity index is 1.92. The molecule has 1 heterocycles. The van der Waals surface area contributed by atoms with Gasteiger partial charge in [0.25, 0.3) is 0 Å². The third-order valence-corrected chi connectivity index (χ3v) is 4.17. The van der Waals surface area contributed by atoms with Gasteiger partial charge in [-0.15, -0.1) is 0 Å². The van der Waals surface area contributed by atoms with Crippen molar-refractivity contribution in [3.63, 3.8) is 0 Å². The van der Waals surface area contributed by atoms with Crippen LogP contribution >= 0.6 is 0 Å². The Labute approximate surface area is 135 Å². The average Bonchev–Trinajstić information content (AvgIpc) is 2.63. The van der Waals surface area contributed by atoms with Gasteiger partial charge in [-0.05, 0) is 24.3 Å². The first-order chi connectivity index (χ1) is 11.3. The van der Waals surface area contributed by atoms with Crippen molar-refractivity contribution < 1.29 is 9.84 Å². The van der Waals surface area contributed by atoms with E-state index >= 15 is 0 Å². The van der Waals surface area contributed by atoms with E-state index in [1.165, 1.54) is 0 Å². The molecule has 0 bridgehead atoms. The number of benzene rings is 3. The van der Waals surface area contributed by atoms with E-state index in [0.29, 0.717) is 0 Å². The second-order valence-electron chi connectivity index (χ2n) is 5.63. The molecule has 0 radical (unpaired) electrons. The highest BCUT2D eigenvalue weighted by Crippen LogP contribution is 2.42. The van der Waals surface area contributed by atoms with Crippen molar-refractivity contribution in [3.05, 3.63) is 102 Å². The Hall–Kier alpha value is -3.00. The molecule has 4 rings (SSSR count). The van der Waals surface area contributed by atoms with Crippen molar-refractivity contribution in [1.29, 1.82) is 0 Å².